The maximum absolute atomic E-state index is 12.2. The van der Waals surface area contributed by atoms with Crippen molar-refractivity contribution in [3.05, 3.63) is 70.5 Å². The van der Waals surface area contributed by atoms with Gasteiger partial charge in [0.15, 0.2) is 5.65 Å². The van der Waals surface area contributed by atoms with Crippen LogP contribution in [0.25, 0.3) is 11.0 Å². The summed E-state index contributed by atoms with van der Waals surface area (Å²) in [6, 6.07) is 7.60. The van der Waals surface area contributed by atoms with Gasteiger partial charge in [-0.2, -0.15) is 5.10 Å². The number of ether oxygens (including phenoxy) is 2. The molecule has 9 heteroatoms. The summed E-state index contributed by atoms with van der Waals surface area (Å²) in [5.41, 5.74) is 2.55. The Kier molecular flexibility index (Phi) is 5.90. The average molecular weight is 440 g/mol. The summed E-state index contributed by atoms with van der Waals surface area (Å²) in [7, 11) is 1.64. The van der Waals surface area contributed by atoms with Crippen LogP contribution in [0.3, 0.4) is 0 Å². The maximum Gasteiger partial charge on any atom is 0.341 e. The SMILES string of the molecule is CCOC(=O)c1cnc2c(c(C)nn2C(Cc2ccc(OC)cc2)c2ncc[nH]2)c1Cl. The van der Waals surface area contributed by atoms with Gasteiger partial charge in [-0.3, -0.25) is 0 Å². The van der Waals surface area contributed by atoms with Gasteiger partial charge >= 0.3 is 5.97 Å². The van der Waals surface area contributed by atoms with Crippen LogP contribution in [0.2, 0.25) is 5.02 Å². The molecule has 31 heavy (non-hydrogen) atoms. The second-order valence-electron chi connectivity index (χ2n) is 6.98. The van der Waals surface area contributed by atoms with E-state index in [0.29, 0.717) is 23.1 Å². The van der Waals surface area contributed by atoms with E-state index in [0.717, 1.165) is 17.1 Å². The number of halogens is 1. The third-order valence-corrected chi connectivity index (χ3v) is 5.44. The molecule has 1 unspecified atom stereocenters. The molecule has 0 amide bonds. The third-order valence-electron chi connectivity index (χ3n) is 5.05. The molecule has 0 radical (unpaired) electrons. The lowest BCUT2D eigenvalue weighted by Gasteiger charge is -2.17. The number of aromatic amines is 1. The van der Waals surface area contributed by atoms with Gasteiger partial charge in [-0.05, 0) is 31.5 Å². The molecule has 0 fully saturated rings. The number of fused-ring (bicyclic) bond motifs is 1. The number of hydrogen-bond donors (Lipinski definition) is 1. The van der Waals surface area contributed by atoms with Crippen LogP contribution in [0.15, 0.2) is 42.9 Å². The van der Waals surface area contributed by atoms with Crippen molar-refractivity contribution in [3.8, 4) is 5.75 Å². The minimum Gasteiger partial charge on any atom is -0.497 e. The molecule has 0 spiro atoms. The van der Waals surface area contributed by atoms with Crippen LogP contribution in [-0.4, -0.2) is 44.4 Å². The Hall–Kier alpha value is -3.39. The number of pyridine rings is 1. The molecule has 0 saturated heterocycles. The Bertz CT molecular complexity index is 1200. The van der Waals surface area contributed by atoms with E-state index in [1.807, 2.05) is 31.2 Å². The highest BCUT2D eigenvalue weighted by molar-refractivity contribution is 6.38. The second kappa shape index (κ2) is 8.77. The molecule has 0 aliphatic rings. The number of benzene rings is 1. The number of aromatic nitrogens is 5. The zero-order valence-electron chi connectivity index (χ0n) is 17.4. The number of nitrogens with one attached hydrogen (secondary N) is 1. The van der Waals surface area contributed by atoms with Crippen molar-refractivity contribution in [1.29, 1.82) is 0 Å². The first kappa shape index (κ1) is 20.9. The van der Waals surface area contributed by atoms with Crippen molar-refractivity contribution in [2.45, 2.75) is 26.3 Å². The number of methoxy groups -OCH3 is 1. The van der Waals surface area contributed by atoms with Crippen LogP contribution in [0.5, 0.6) is 5.75 Å². The van der Waals surface area contributed by atoms with Crippen LogP contribution in [0, 0.1) is 6.92 Å². The monoisotopic (exact) mass is 439 g/mol. The topological polar surface area (TPSA) is 94.9 Å². The first-order valence-electron chi connectivity index (χ1n) is 9.86. The summed E-state index contributed by atoms with van der Waals surface area (Å²) in [4.78, 5) is 24.4. The molecule has 1 atom stereocenters. The number of aryl methyl sites for hydroxylation is 1. The number of rotatable bonds is 7. The van der Waals surface area contributed by atoms with E-state index in [-0.39, 0.29) is 23.2 Å². The number of carbonyl (C=O) groups is 1. The molecule has 0 saturated carbocycles. The molecule has 3 heterocycles. The predicted molar refractivity (Wildman–Crippen MR) is 117 cm³/mol. The van der Waals surface area contributed by atoms with E-state index < -0.39 is 5.97 Å². The molecule has 1 aromatic carbocycles. The van der Waals surface area contributed by atoms with E-state index >= 15 is 0 Å². The molecular weight excluding hydrogens is 418 g/mol. The Morgan fingerprint density at radius 3 is 2.68 bits per heavy atom. The summed E-state index contributed by atoms with van der Waals surface area (Å²) in [6.45, 7) is 3.84. The van der Waals surface area contributed by atoms with Crippen LogP contribution >= 0.6 is 11.6 Å². The van der Waals surface area contributed by atoms with Crippen molar-refractivity contribution in [2.24, 2.45) is 0 Å². The number of hydrogen-bond acceptors (Lipinski definition) is 6. The fourth-order valence-electron chi connectivity index (χ4n) is 3.55. The van der Waals surface area contributed by atoms with Crippen molar-refractivity contribution in [3.63, 3.8) is 0 Å². The van der Waals surface area contributed by atoms with E-state index in [2.05, 4.69) is 15.0 Å². The van der Waals surface area contributed by atoms with E-state index in [9.17, 15) is 4.79 Å². The third kappa shape index (κ3) is 3.98. The van der Waals surface area contributed by atoms with Crippen molar-refractivity contribution < 1.29 is 14.3 Å². The van der Waals surface area contributed by atoms with Gasteiger partial charge in [-0.1, -0.05) is 23.7 Å². The molecule has 1 N–H and O–H groups in total. The number of imidazole rings is 1. The summed E-state index contributed by atoms with van der Waals surface area (Å²) in [5, 5.41) is 5.63. The molecule has 4 aromatic rings. The smallest absolute Gasteiger partial charge is 0.341 e. The summed E-state index contributed by atoms with van der Waals surface area (Å²) in [6.07, 6.45) is 5.53. The highest BCUT2D eigenvalue weighted by atomic mass is 35.5. The normalized spacial score (nSPS) is 12.1. The summed E-state index contributed by atoms with van der Waals surface area (Å²) < 4.78 is 12.1. The zero-order chi connectivity index (χ0) is 22.0. The molecule has 3 aromatic heterocycles. The summed E-state index contributed by atoms with van der Waals surface area (Å²) in [5.74, 6) is 1.03. The fraction of sp³-hybridized carbons (Fsp3) is 0.273. The summed E-state index contributed by atoms with van der Waals surface area (Å²) >= 11 is 6.58. The lowest BCUT2D eigenvalue weighted by molar-refractivity contribution is 0.0526. The standard InChI is InChI=1S/C22H22ClN5O3/c1-4-31-22(29)16-12-26-21-18(19(16)23)13(2)27-28(21)17(20-24-9-10-25-20)11-14-5-7-15(30-3)8-6-14/h5-10,12,17H,4,11H2,1-3H3,(H,24,25). The quantitative estimate of drug-likeness (QED) is 0.435. The van der Waals surface area contributed by atoms with E-state index in [1.54, 1.807) is 31.1 Å². The Balaban J connectivity index is 1.80. The minimum atomic E-state index is -0.505. The first-order chi connectivity index (χ1) is 15.0. The average Bonchev–Trinajstić information content (AvgIpc) is 3.41. The van der Waals surface area contributed by atoms with Gasteiger partial charge in [-0.15, -0.1) is 0 Å². The predicted octanol–water partition coefficient (Wildman–Crippen LogP) is 4.13. The van der Waals surface area contributed by atoms with Crippen molar-refractivity contribution in [2.75, 3.05) is 13.7 Å². The molecule has 160 valence electrons. The van der Waals surface area contributed by atoms with Gasteiger partial charge in [0.1, 0.15) is 17.6 Å². The van der Waals surface area contributed by atoms with Gasteiger partial charge < -0.3 is 14.5 Å². The van der Waals surface area contributed by atoms with Crippen LogP contribution < -0.4 is 4.74 Å². The molecule has 4 rings (SSSR count). The maximum atomic E-state index is 12.2. The lowest BCUT2D eigenvalue weighted by Crippen LogP contribution is -2.17. The number of nitrogens with zero attached hydrogens (tertiary/aromatic N) is 4. The van der Waals surface area contributed by atoms with Gasteiger partial charge in [0, 0.05) is 25.0 Å². The first-order valence-corrected chi connectivity index (χ1v) is 10.2. The Morgan fingerprint density at radius 1 is 1.26 bits per heavy atom. The molecule has 8 nitrogen and oxygen atoms in total. The van der Waals surface area contributed by atoms with Gasteiger partial charge in [-0.25, -0.2) is 19.4 Å². The fourth-order valence-corrected chi connectivity index (χ4v) is 3.89. The molecule has 0 aliphatic carbocycles. The van der Waals surface area contributed by atoms with Gasteiger partial charge in [0.05, 0.1) is 35.4 Å². The molecule has 0 aliphatic heterocycles. The lowest BCUT2D eigenvalue weighted by atomic mass is 10.1. The Morgan fingerprint density at radius 2 is 2.03 bits per heavy atom. The van der Waals surface area contributed by atoms with Crippen LogP contribution in [0.1, 0.15) is 40.4 Å². The van der Waals surface area contributed by atoms with Crippen LogP contribution in [-0.2, 0) is 11.2 Å². The minimum absolute atomic E-state index is 0.225. The number of carbonyl (C=O) groups excluding carboxylic acids is 1. The van der Waals surface area contributed by atoms with Crippen molar-refractivity contribution in [1.82, 2.24) is 24.7 Å². The highest BCUT2D eigenvalue weighted by Crippen LogP contribution is 2.32. The van der Waals surface area contributed by atoms with Crippen molar-refractivity contribution >= 4 is 28.6 Å². The van der Waals surface area contributed by atoms with Gasteiger partial charge in [0.2, 0.25) is 0 Å². The number of esters is 1. The number of H-pyrrole nitrogens is 1. The Labute approximate surface area is 184 Å². The van der Waals surface area contributed by atoms with E-state index in [1.165, 1.54) is 6.20 Å². The van der Waals surface area contributed by atoms with Crippen LogP contribution in [0.4, 0.5) is 0 Å². The van der Waals surface area contributed by atoms with Gasteiger partial charge in [0.25, 0.3) is 0 Å². The molecular formula is C22H22ClN5O3. The molecule has 0 bridgehead atoms. The van der Waals surface area contributed by atoms with E-state index in [4.69, 9.17) is 26.2 Å². The highest BCUT2D eigenvalue weighted by Gasteiger charge is 2.25. The second-order valence-corrected chi connectivity index (χ2v) is 7.36. The zero-order valence-corrected chi connectivity index (χ0v) is 18.2. The largest absolute Gasteiger partial charge is 0.497 e.